The van der Waals surface area contributed by atoms with Crippen LogP contribution in [0.15, 0.2) is 22.7 Å². The highest BCUT2D eigenvalue weighted by Gasteiger charge is 2.16. The van der Waals surface area contributed by atoms with E-state index in [-0.39, 0.29) is 10.6 Å². The SMILES string of the molecule is CCCCN(C)c1ccc(Br)cc1[N+](=O)[O-]. The Bertz CT molecular complexity index is 382. The zero-order chi connectivity index (χ0) is 12.1. The van der Waals surface area contributed by atoms with Gasteiger partial charge in [0, 0.05) is 24.1 Å². The van der Waals surface area contributed by atoms with Crippen LogP contribution in [0.1, 0.15) is 19.8 Å². The Labute approximate surface area is 104 Å². The number of rotatable bonds is 5. The second-order valence-electron chi connectivity index (χ2n) is 3.67. The fraction of sp³-hybridized carbons (Fsp3) is 0.455. The van der Waals surface area contributed by atoms with Gasteiger partial charge in [0.1, 0.15) is 5.69 Å². The molecule has 0 unspecified atom stereocenters. The average Bonchev–Trinajstić information content (AvgIpc) is 2.25. The normalized spacial score (nSPS) is 10.2. The average molecular weight is 287 g/mol. The number of nitro groups is 1. The second kappa shape index (κ2) is 5.84. The number of hydrogen-bond acceptors (Lipinski definition) is 3. The summed E-state index contributed by atoms with van der Waals surface area (Å²) in [6, 6.07) is 5.14. The summed E-state index contributed by atoms with van der Waals surface area (Å²) in [6.45, 7) is 2.93. The van der Waals surface area contributed by atoms with E-state index in [0.29, 0.717) is 5.69 Å². The molecule has 0 radical (unpaired) electrons. The van der Waals surface area contributed by atoms with Gasteiger partial charge in [0.05, 0.1) is 4.92 Å². The molecule has 0 heterocycles. The minimum Gasteiger partial charge on any atom is -0.369 e. The Hall–Kier alpha value is -1.10. The molecule has 0 N–H and O–H groups in total. The summed E-state index contributed by atoms with van der Waals surface area (Å²) in [6.07, 6.45) is 2.11. The number of benzene rings is 1. The monoisotopic (exact) mass is 286 g/mol. The fourth-order valence-corrected chi connectivity index (χ4v) is 1.83. The lowest BCUT2D eigenvalue weighted by Gasteiger charge is -2.18. The van der Waals surface area contributed by atoms with Crippen molar-refractivity contribution in [1.29, 1.82) is 0 Å². The zero-order valence-electron chi connectivity index (χ0n) is 9.44. The standard InChI is InChI=1S/C11H15BrN2O2/c1-3-4-7-13(2)10-6-5-9(12)8-11(10)14(15)16/h5-6,8H,3-4,7H2,1-2H3. The molecule has 0 spiro atoms. The van der Waals surface area contributed by atoms with E-state index in [0.717, 1.165) is 23.9 Å². The van der Waals surface area contributed by atoms with Crippen LogP contribution in [0.3, 0.4) is 0 Å². The van der Waals surface area contributed by atoms with Gasteiger partial charge >= 0.3 is 0 Å². The lowest BCUT2D eigenvalue weighted by Crippen LogP contribution is -2.19. The van der Waals surface area contributed by atoms with Crippen LogP contribution in [0.25, 0.3) is 0 Å². The van der Waals surface area contributed by atoms with Crippen molar-refractivity contribution in [2.24, 2.45) is 0 Å². The first-order valence-electron chi connectivity index (χ1n) is 5.21. The largest absolute Gasteiger partial charge is 0.369 e. The highest BCUT2D eigenvalue weighted by atomic mass is 79.9. The van der Waals surface area contributed by atoms with E-state index < -0.39 is 0 Å². The molecule has 4 nitrogen and oxygen atoms in total. The predicted molar refractivity (Wildman–Crippen MR) is 69.0 cm³/mol. The Morgan fingerprint density at radius 3 is 2.75 bits per heavy atom. The third-order valence-corrected chi connectivity index (χ3v) is 2.89. The lowest BCUT2D eigenvalue weighted by molar-refractivity contribution is -0.384. The molecule has 1 aromatic carbocycles. The molecule has 5 heteroatoms. The van der Waals surface area contributed by atoms with Gasteiger partial charge in [-0.3, -0.25) is 10.1 Å². The lowest BCUT2D eigenvalue weighted by atomic mass is 10.2. The minimum atomic E-state index is -0.345. The fourth-order valence-electron chi connectivity index (χ4n) is 1.48. The van der Waals surface area contributed by atoms with Crippen LogP contribution in [-0.4, -0.2) is 18.5 Å². The summed E-state index contributed by atoms with van der Waals surface area (Å²) < 4.78 is 0.729. The van der Waals surface area contributed by atoms with Crippen molar-refractivity contribution in [3.8, 4) is 0 Å². The molecule has 0 aliphatic rings. The molecule has 88 valence electrons. The van der Waals surface area contributed by atoms with Crippen LogP contribution >= 0.6 is 15.9 Å². The van der Waals surface area contributed by atoms with Gasteiger partial charge in [-0.25, -0.2) is 0 Å². The molecular weight excluding hydrogens is 272 g/mol. The van der Waals surface area contributed by atoms with E-state index in [1.54, 1.807) is 6.07 Å². The smallest absolute Gasteiger partial charge is 0.293 e. The highest BCUT2D eigenvalue weighted by molar-refractivity contribution is 9.10. The maximum atomic E-state index is 10.9. The number of hydrogen-bond donors (Lipinski definition) is 0. The summed E-state index contributed by atoms with van der Waals surface area (Å²) in [5, 5.41) is 10.9. The minimum absolute atomic E-state index is 0.146. The van der Waals surface area contributed by atoms with E-state index in [9.17, 15) is 10.1 Å². The predicted octanol–water partition coefficient (Wildman–Crippen LogP) is 3.59. The number of anilines is 1. The molecule has 1 aromatic rings. The summed E-state index contributed by atoms with van der Waals surface area (Å²) in [5.41, 5.74) is 0.814. The second-order valence-corrected chi connectivity index (χ2v) is 4.58. The Morgan fingerprint density at radius 1 is 1.50 bits per heavy atom. The third kappa shape index (κ3) is 3.20. The van der Waals surface area contributed by atoms with E-state index in [1.165, 1.54) is 6.07 Å². The molecule has 0 aliphatic heterocycles. The molecule has 1 rings (SSSR count). The van der Waals surface area contributed by atoms with Gasteiger partial charge in [0.2, 0.25) is 0 Å². The van der Waals surface area contributed by atoms with Crippen molar-refractivity contribution in [2.45, 2.75) is 19.8 Å². The first-order chi connectivity index (χ1) is 7.56. The van der Waals surface area contributed by atoms with Gasteiger partial charge < -0.3 is 4.90 Å². The Kier molecular flexibility index (Phi) is 4.73. The highest BCUT2D eigenvalue weighted by Crippen LogP contribution is 2.30. The van der Waals surface area contributed by atoms with Gasteiger partial charge in [-0.2, -0.15) is 0 Å². The molecule has 0 fully saturated rings. The maximum absolute atomic E-state index is 10.9. The summed E-state index contributed by atoms with van der Waals surface area (Å²) in [5.74, 6) is 0. The van der Waals surface area contributed by atoms with Crippen molar-refractivity contribution in [3.63, 3.8) is 0 Å². The van der Waals surface area contributed by atoms with Crippen molar-refractivity contribution in [1.82, 2.24) is 0 Å². The summed E-state index contributed by atoms with van der Waals surface area (Å²) in [4.78, 5) is 12.5. The van der Waals surface area contributed by atoms with E-state index in [1.807, 2.05) is 18.0 Å². The first kappa shape index (κ1) is 13.0. The molecule has 0 saturated carbocycles. The van der Waals surface area contributed by atoms with Gasteiger partial charge in [-0.1, -0.05) is 29.3 Å². The van der Waals surface area contributed by atoms with E-state index >= 15 is 0 Å². The van der Waals surface area contributed by atoms with Crippen LogP contribution in [-0.2, 0) is 0 Å². The zero-order valence-corrected chi connectivity index (χ0v) is 11.0. The molecular formula is C11H15BrN2O2. The van der Waals surface area contributed by atoms with Gasteiger partial charge in [-0.15, -0.1) is 0 Å². The molecule has 0 aliphatic carbocycles. The topological polar surface area (TPSA) is 46.4 Å². The number of unbranched alkanes of at least 4 members (excludes halogenated alkanes) is 1. The molecule has 0 bridgehead atoms. The molecule has 16 heavy (non-hydrogen) atoms. The van der Waals surface area contributed by atoms with Crippen molar-refractivity contribution in [3.05, 3.63) is 32.8 Å². The molecule has 0 aromatic heterocycles. The molecule has 0 amide bonds. The van der Waals surface area contributed by atoms with Crippen LogP contribution in [0, 0.1) is 10.1 Å². The number of nitrogens with zero attached hydrogens (tertiary/aromatic N) is 2. The Balaban J connectivity index is 2.98. The van der Waals surface area contributed by atoms with Gasteiger partial charge in [0.15, 0.2) is 0 Å². The first-order valence-corrected chi connectivity index (χ1v) is 6.00. The van der Waals surface area contributed by atoms with Gasteiger partial charge in [-0.05, 0) is 18.6 Å². The number of halogens is 1. The third-order valence-electron chi connectivity index (χ3n) is 2.39. The summed E-state index contributed by atoms with van der Waals surface area (Å²) in [7, 11) is 1.88. The quantitative estimate of drug-likeness (QED) is 0.614. The number of nitro benzene ring substituents is 1. The Morgan fingerprint density at radius 2 is 2.19 bits per heavy atom. The van der Waals surface area contributed by atoms with Gasteiger partial charge in [0.25, 0.3) is 5.69 Å². The van der Waals surface area contributed by atoms with Crippen molar-refractivity contribution >= 4 is 27.3 Å². The van der Waals surface area contributed by atoms with E-state index in [2.05, 4.69) is 22.9 Å². The van der Waals surface area contributed by atoms with Crippen molar-refractivity contribution in [2.75, 3.05) is 18.5 Å². The van der Waals surface area contributed by atoms with Crippen molar-refractivity contribution < 1.29 is 4.92 Å². The van der Waals surface area contributed by atoms with Crippen LogP contribution in [0.4, 0.5) is 11.4 Å². The summed E-state index contributed by atoms with van der Waals surface area (Å²) >= 11 is 3.24. The van der Waals surface area contributed by atoms with Crippen LogP contribution < -0.4 is 4.90 Å². The van der Waals surface area contributed by atoms with E-state index in [4.69, 9.17) is 0 Å². The maximum Gasteiger partial charge on any atom is 0.293 e. The molecule has 0 atom stereocenters. The van der Waals surface area contributed by atoms with Crippen LogP contribution in [0.5, 0.6) is 0 Å². The van der Waals surface area contributed by atoms with Crippen LogP contribution in [0.2, 0.25) is 0 Å². The molecule has 0 saturated heterocycles.